The zero-order valence-corrected chi connectivity index (χ0v) is 13.0. The molecule has 0 aliphatic heterocycles. The maximum Gasteiger partial charge on any atom is 0.226 e. The molecular weight excluding hydrogens is 252 g/mol. The first-order valence-corrected chi connectivity index (χ1v) is 7.54. The zero-order chi connectivity index (χ0) is 14.5. The van der Waals surface area contributed by atoms with Crippen molar-refractivity contribution in [1.82, 2.24) is 14.9 Å². The highest BCUT2D eigenvalue weighted by Crippen LogP contribution is 2.26. The lowest BCUT2D eigenvalue weighted by atomic mass is 10.3. The molecule has 0 aromatic carbocycles. The van der Waals surface area contributed by atoms with Crippen molar-refractivity contribution in [2.45, 2.75) is 52.1 Å². The molecule has 1 unspecified atom stereocenters. The van der Waals surface area contributed by atoms with Gasteiger partial charge in [0.05, 0.1) is 6.61 Å². The van der Waals surface area contributed by atoms with E-state index >= 15 is 0 Å². The number of anilines is 1. The lowest BCUT2D eigenvalue weighted by Crippen LogP contribution is -2.36. The molecule has 1 aromatic rings. The highest BCUT2D eigenvalue weighted by Gasteiger charge is 2.28. The summed E-state index contributed by atoms with van der Waals surface area (Å²) in [4.78, 5) is 11.2. The van der Waals surface area contributed by atoms with Crippen LogP contribution in [0.15, 0.2) is 6.07 Å². The van der Waals surface area contributed by atoms with Gasteiger partial charge >= 0.3 is 0 Å². The van der Waals surface area contributed by atoms with Crippen molar-refractivity contribution in [1.29, 1.82) is 0 Å². The van der Waals surface area contributed by atoms with Gasteiger partial charge in [-0.2, -0.15) is 4.98 Å². The van der Waals surface area contributed by atoms with E-state index in [2.05, 4.69) is 41.1 Å². The van der Waals surface area contributed by atoms with Gasteiger partial charge in [0.1, 0.15) is 0 Å². The molecule has 1 atom stereocenters. The number of hydrogen-bond acceptors (Lipinski definition) is 5. The molecule has 5 heteroatoms. The van der Waals surface area contributed by atoms with Gasteiger partial charge in [-0.3, -0.25) is 4.90 Å². The number of aryl methyl sites for hydroxylation is 1. The Morgan fingerprint density at radius 1 is 1.45 bits per heavy atom. The number of aromatic nitrogens is 2. The molecule has 1 N–H and O–H groups in total. The summed E-state index contributed by atoms with van der Waals surface area (Å²) in [5.41, 5.74) is 0.928. The molecule has 1 aromatic heterocycles. The average molecular weight is 278 g/mol. The van der Waals surface area contributed by atoms with Crippen LogP contribution in [-0.2, 0) is 0 Å². The topological polar surface area (TPSA) is 50.3 Å². The third-order valence-electron chi connectivity index (χ3n) is 3.66. The molecule has 1 fully saturated rings. The zero-order valence-electron chi connectivity index (χ0n) is 13.0. The Hall–Kier alpha value is -1.36. The summed E-state index contributed by atoms with van der Waals surface area (Å²) in [5, 5.41) is 3.32. The van der Waals surface area contributed by atoms with Gasteiger partial charge in [-0.15, -0.1) is 0 Å². The minimum absolute atomic E-state index is 0.478. The van der Waals surface area contributed by atoms with E-state index in [1.165, 1.54) is 12.8 Å². The molecule has 112 valence electrons. The van der Waals surface area contributed by atoms with E-state index in [1.54, 1.807) is 0 Å². The Balaban J connectivity index is 1.89. The van der Waals surface area contributed by atoms with Crippen molar-refractivity contribution < 1.29 is 4.74 Å². The van der Waals surface area contributed by atoms with E-state index < -0.39 is 0 Å². The molecule has 0 radical (unpaired) electrons. The maximum atomic E-state index is 5.58. The molecule has 1 saturated carbocycles. The van der Waals surface area contributed by atoms with Crippen LogP contribution in [0.3, 0.4) is 0 Å². The third-order valence-corrected chi connectivity index (χ3v) is 3.66. The molecule has 2 rings (SSSR count). The Kier molecular flexibility index (Phi) is 5.17. The molecule has 0 spiro atoms. The first-order valence-electron chi connectivity index (χ1n) is 7.54. The molecule has 0 saturated heterocycles. The van der Waals surface area contributed by atoms with Crippen molar-refractivity contribution in [2.75, 3.05) is 25.5 Å². The van der Waals surface area contributed by atoms with Crippen molar-refractivity contribution in [2.24, 2.45) is 0 Å². The monoisotopic (exact) mass is 278 g/mol. The first-order chi connectivity index (χ1) is 9.60. The Bertz CT molecular complexity index is 434. The Morgan fingerprint density at radius 2 is 2.20 bits per heavy atom. The highest BCUT2D eigenvalue weighted by molar-refractivity contribution is 5.30. The second-order valence-electron chi connectivity index (χ2n) is 5.65. The van der Waals surface area contributed by atoms with Gasteiger partial charge in [0, 0.05) is 30.4 Å². The number of nitrogens with zero attached hydrogens (tertiary/aromatic N) is 3. The summed E-state index contributed by atoms with van der Waals surface area (Å²) in [6, 6.07) is 3.13. The van der Waals surface area contributed by atoms with Crippen LogP contribution in [0, 0.1) is 6.92 Å². The predicted octanol–water partition coefficient (Wildman–Crippen LogP) is 2.47. The summed E-state index contributed by atoms with van der Waals surface area (Å²) >= 11 is 0. The smallest absolute Gasteiger partial charge is 0.226 e. The summed E-state index contributed by atoms with van der Waals surface area (Å²) in [6.07, 6.45) is 3.64. The molecule has 1 aliphatic rings. The van der Waals surface area contributed by atoms with E-state index in [0.29, 0.717) is 24.5 Å². The highest BCUT2D eigenvalue weighted by atomic mass is 16.5. The first kappa shape index (κ1) is 15.0. The third kappa shape index (κ3) is 4.34. The Morgan fingerprint density at radius 3 is 2.85 bits per heavy atom. The van der Waals surface area contributed by atoms with Crippen molar-refractivity contribution in [3.63, 3.8) is 0 Å². The van der Waals surface area contributed by atoms with E-state index in [1.807, 2.05) is 13.0 Å². The van der Waals surface area contributed by atoms with E-state index in [-0.39, 0.29) is 0 Å². The van der Waals surface area contributed by atoms with Crippen LogP contribution < -0.4 is 10.1 Å². The second-order valence-corrected chi connectivity index (χ2v) is 5.65. The van der Waals surface area contributed by atoms with Crippen LogP contribution in [-0.4, -0.2) is 47.2 Å². The largest absolute Gasteiger partial charge is 0.478 e. The molecule has 0 bridgehead atoms. The number of rotatable bonds is 8. The minimum atomic E-state index is 0.478. The van der Waals surface area contributed by atoms with E-state index in [9.17, 15) is 0 Å². The normalized spacial score (nSPS) is 16.2. The van der Waals surface area contributed by atoms with Gasteiger partial charge in [-0.25, -0.2) is 4.98 Å². The van der Waals surface area contributed by atoms with E-state index in [4.69, 9.17) is 4.74 Å². The van der Waals surface area contributed by atoms with Gasteiger partial charge in [0.25, 0.3) is 0 Å². The van der Waals surface area contributed by atoms with Gasteiger partial charge in [-0.1, -0.05) is 6.92 Å². The number of likely N-dealkylation sites (N-methyl/N-ethyl adjacent to an activating group) is 1. The fraction of sp³-hybridized carbons (Fsp3) is 0.733. The van der Waals surface area contributed by atoms with E-state index in [0.717, 1.165) is 24.7 Å². The number of hydrogen-bond donors (Lipinski definition) is 1. The molecule has 5 nitrogen and oxygen atoms in total. The standard InChI is InChI=1S/C15H26N4O/c1-5-8-20-14-9-11(2)17-15(18-14)16-10-12(3)19(4)13-6-7-13/h9,12-13H,5-8,10H2,1-4H3,(H,16,17,18). The van der Waals surface area contributed by atoms with Crippen LogP contribution >= 0.6 is 0 Å². The lowest BCUT2D eigenvalue weighted by molar-refractivity contribution is 0.257. The van der Waals surface area contributed by atoms with Crippen LogP contribution in [0.2, 0.25) is 0 Å². The SMILES string of the molecule is CCCOc1cc(C)nc(NCC(C)N(C)C2CC2)n1. The van der Waals surface area contributed by atoms with Crippen LogP contribution in [0.5, 0.6) is 5.88 Å². The van der Waals surface area contributed by atoms with Crippen LogP contribution in [0.1, 0.15) is 38.8 Å². The van der Waals surface area contributed by atoms with Crippen molar-refractivity contribution >= 4 is 5.95 Å². The fourth-order valence-corrected chi connectivity index (χ4v) is 2.12. The molecule has 1 aliphatic carbocycles. The lowest BCUT2D eigenvalue weighted by Gasteiger charge is -2.24. The molecule has 0 amide bonds. The maximum absolute atomic E-state index is 5.58. The summed E-state index contributed by atoms with van der Waals surface area (Å²) in [5.74, 6) is 1.32. The fourth-order valence-electron chi connectivity index (χ4n) is 2.12. The number of ether oxygens (including phenoxy) is 1. The summed E-state index contributed by atoms with van der Waals surface area (Å²) in [6.45, 7) is 7.82. The van der Waals surface area contributed by atoms with Gasteiger partial charge in [-0.05, 0) is 40.2 Å². The quantitative estimate of drug-likeness (QED) is 0.791. The molecule has 1 heterocycles. The molecular formula is C15H26N4O. The minimum Gasteiger partial charge on any atom is -0.478 e. The predicted molar refractivity (Wildman–Crippen MR) is 81.3 cm³/mol. The molecule has 20 heavy (non-hydrogen) atoms. The number of nitrogens with one attached hydrogen (secondary N) is 1. The van der Waals surface area contributed by atoms with Crippen LogP contribution in [0.4, 0.5) is 5.95 Å². The van der Waals surface area contributed by atoms with Crippen molar-refractivity contribution in [3.05, 3.63) is 11.8 Å². The van der Waals surface area contributed by atoms with Crippen molar-refractivity contribution in [3.8, 4) is 5.88 Å². The summed E-state index contributed by atoms with van der Waals surface area (Å²) in [7, 11) is 2.19. The Labute approximate surface area is 121 Å². The van der Waals surface area contributed by atoms with Crippen LogP contribution in [0.25, 0.3) is 0 Å². The second kappa shape index (κ2) is 6.88. The van der Waals surface area contributed by atoms with Gasteiger partial charge in [0.2, 0.25) is 11.8 Å². The van der Waals surface area contributed by atoms with Gasteiger partial charge in [0.15, 0.2) is 0 Å². The summed E-state index contributed by atoms with van der Waals surface area (Å²) < 4.78 is 5.58. The average Bonchev–Trinajstić information content (AvgIpc) is 3.25. The van der Waals surface area contributed by atoms with Gasteiger partial charge < -0.3 is 10.1 Å².